The lowest BCUT2D eigenvalue weighted by atomic mass is 10.5. The van der Waals surface area contributed by atoms with Crippen LogP contribution in [0.2, 0.25) is 0 Å². The minimum atomic E-state index is -0.00694. The van der Waals surface area contributed by atoms with Gasteiger partial charge in [-0.05, 0) is 12.1 Å². The summed E-state index contributed by atoms with van der Waals surface area (Å²) in [6.07, 6.45) is 1.53. The lowest BCUT2D eigenvalue weighted by molar-refractivity contribution is 0.247. The minimum Gasteiger partial charge on any atom is -0.467 e. The molecule has 0 unspecified atom stereocenters. The van der Waals surface area contributed by atoms with Gasteiger partial charge >= 0.3 is 0 Å². The van der Waals surface area contributed by atoms with Gasteiger partial charge in [0.25, 0.3) is 0 Å². The van der Waals surface area contributed by atoms with E-state index in [2.05, 4.69) is 0 Å². The summed E-state index contributed by atoms with van der Waals surface area (Å²) in [5.74, 6) is 0.611. The van der Waals surface area contributed by atoms with Gasteiger partial charge in [-0.3, -0.25) is 0 Å². The van der Waals surface area contributed by atoms with E-state index >= 15 is 0 Å². The Morgan fingerprint density at radius 3 is 2.44 bits per heavy atom. The van der Waals surface area contributed by atoms with Crippen LogP contribution < -0.4 is 0 Å². The zero-order chi connectivity index (χ0) is 5.11. The van der Waals surface area contributed by atoms with E-state index in [-0.39, 0.29) is 29.4 Å². The first kappa shape index (κ1) is 11.5. The van der Waals surface area contributed by atoms with Gasteiger partial charge in [-0.2, -0.15) is 0 Å². The van der Waals surface area contributed by atoms with Crippen LogP contribution in [0.15, 0.2) is 22.8 Å². The van der Waals surface area contributed by atoms with E-state index in [9.17, 15) is 0 Å². The first-order chi connectivity index (χ1) is 3.43. The molecule has 0 aliphatic rings. The van der Waals surface area contributed by atoms with Crippen LogP contribution in [0, 0.1) is 0 Å². The molecule has 0 atom stereocenters. The van der Waals surface area contributed by atoms with Crippen molar-refractivity contribution in [3.8, 4) is 0 Å². The molecule has 1 rings (SSSR count). The molecule has 3 nitrogen and oxygen atoms in total. The van der Waals surface area contributed by atoms with Crippen LogP contribution in [0.1, 0.15) is 5.76 Å². The van der Waals surface area contributed by atoms with Crippen molar-refractivity contribution in [1.29, 1.82) is 0 Å². The third-order valence-electron chi connectivity index (χ3n) is 0.736. The van der Waals surface area contributed by atoms with Gasteiger partial charge in [0.2, 0.25) is 0 Å². The highest BCUT2D eigenvalue weighted by molar-refractivity contribution is 5.75. The number of aliphatic hydroxyl groups is 1. The third kappa shape index (κ3) is 3.33. The van der Waals surface area contributed by atoms with E-state index in [1.54, 1.807) is 12.1 Å². The van der Waals surface area contributed by atoms with Crippen molar-refractivity contribution in [2.75, 3.05) is 0 Å². The van der Waals surface area contributed by atoms with E-state index in [0.29, 0.717) is 5.76 Å². The summed E-state index contributed by atoms with van der Waals surface area (Å²) in [7, 11) is 0. The molecule has 0 saturated heterocycles. The number of furan rings is 1. The summed E-state index contributed by atoms with van der Waals surface area (Å²) in [4.78, 5) is 0. The van der Waals surface area contributed by atoms with Crippen LogP contribution in [-0.2, 0) is 6.61 Å². The standard InChI is InChI=1S/C5H6O2.Al.H2O.3H/c6-4-5-2-1-3-7-5;;;;;/h1-3,6H,4H2;;1H2;;;. The molecule has 9 heavy (non-hydrogen) atoms. The fraction of sp³-hybridized carbons (Fsp3) is 0.200. The molecule has 1 aromatic heterocycles. The highest BCUT2D eigenvalue weighted by Crippen LogP contribution is 1.96. The second-order valence-corrected chi connectivity index (χ2v) is 1.24. The van der Waals surface area contributed by atoms with E-state index in [1.807, 2.05) is 0 Å². The number of hydrogen-bond acceptors (Lipinski definition) is 2. The Morgan fingerprint density at radius 2 is 2.22 bits per heavy atom. The molecule has 0 amide bonds. The quantitative estimate of drug-likeness (QED) is 0.504. The summed E-state index contributed by atoms with van der Waals surface area (Å²) in [6.45, 7) is -0.00694. The first-order valence-electron chi connectivity index (χ1n) is 2.06. The molecular formula is C5H11AlO3. The van der Waals surface area contributed by atoms with E-state index in [0.717, 1.165) is 0 Å². The molecule has 0 bridgehead atoms. The second-order valence-electron chi connectivity index (χ2n) is 1.24. The Balaban J connectivity index is 0. The van der Waals surface area contributed by atoms with E-state index in [1.165, 1.54) is 6.26 Å². The first-order valence-corrected chi connectivity index (χ1v) is 2.06. The predicted molar refractivity (Wildman–Crippen MR) is 38.2 cm³/mol. The molecule has 52 valence electrons. The molecule has 3 N–H and O–H groups in total. The second kappa shape index (κ2) is 5.86. The largest absolute Gasteiger partial charge is 0.467 e. The summed E-state index contributed by atoms with van der Waals surface area (Å²) < 4.78 is 4.73. The molecule has 0 saturated carbocycles. The molecule has 0 aliphatic carbocycles. The van der Waals surface area contributed by atoms with Gasteiger partial charge in [0.15, 0.2) is 17.4 Å². The van der Waals surface area contributed by atoms with Gasteiger partial charge in [-0.15, -0.1) is 0 Å². The van der Waals surface area contributed by atoms with Crippen molar-refractivity contribution in [2.45, 2.75) is 6.61 Å². The van der Waals surface area contributed by atoms with Crippen molar-refractivity contribution in [3.63, 3.8) is 0 Å². The molecule has 0 aliphatic heterocycles. The van der Waals surface area contributed by atoms with Gasteiger partial charge in [0.1, 0.15) is 12.4 Å². The van der Waals surface area contributed by atoms with E-state index in [4.69, 9.17) is 9.52 Å². The van der Waals surface area contributed by atoms with Crippen LogP contribution in [0.5, 0.6) is 0 Å². The fourth-order valence-electron chi connectivity index (χ4n) is 0.403. The Kier molecular flexibility index (Phi) is 7.50. The summed E-state index contributed by atoms with van der Waals surface area (Å²) in [6, 6.07) is 3.46. The highest BCUT2D eigenvalue weighted by Gasteiger charge is 1.85. The Labute approximate surface area is 63.7 Å². The summed E-state index contributed by atoms with van der Waals surface area (Å²) in [5.41, 5.74) is 0. The third-order valence-corrected chi connectivity index (χ3v) is 0.736. The van der Waals surface area contributed by atoms with Crippen LogP contribution in [-0.4, -0.2) is 27.9 Å². The van der Waals surface area contributed by atoms with Crippen molar-refractivity contribution < 1.29 is 15.0 Å². The number of rotatable bonds is 1. The smallest absolute Gasteiger partial charge is 0.187 e. The molecule has 0 radical (unpaired) electrons. The number of hydrogen-bond donors (Lipinski definition) is 1. The van der Waals surface area contributed by atoms with Crippen LogP contribution >= 0.6 is 0 Å². The Hall–Kier alpha value is -0.268. The summed E-state index contributed by atoms with van der Waals surface area (Å²) in [5, 5.41) is 8.33. The zero-order valence-electron chi connectivity index (χ0n) is 4.29. The lowest BCUT2D eigenvalue weighted by Crippen LogP contribution is -1.72. The lowest BCUT2D eigenvalue weighted by Gasteiger charge is -1.79. The minimum absolute atomic E-state index is 0. The van der Waals surface area contributed by atoms with Crippen molar-refractivity contribution >= 4 is 17.4 Å². The molecule has 4 heteroatoms. The molecule has 1 heterocycles. The molecule has 0 aromatic carbocycles. The maximum absolute atomic E-state index is 8.33. The van der Waals surface area contributed by atoms with Gasteiger partial charge < -0.3 is 15.0 Å². The topological polar surface area (TPSA) is 64.9 Å². The average Bonchev–Trinajstić information content (AvgIpc) is 2.14. The fourth-order valence-corrected chi connectivity index (χ4v) is 0.403. The molecule has 1 aromatic rings. The van der Waals surface area contributed by atoms with Gasteiger partial charge in [-0.25, -0.2) is 0 Å². The SMILES string of the molecule is O.OCc1ccco1.[AlH3]. The zero-order valence-corrected chi connectivity index (χ0v) is 4.29. The Bertz CT molecular complexity index is 127. The van der Waals surface area contributed by atoms with Crippen LogP contribution in [0.4, 0.5) is 0 Å². The maximum Gasteiger partial charge on any atom is 0.187 e. The molecular weight excluding hydrogens is 135 g/mol. The predicted octanol–water partition coefficient (Wildman–Crippen LogP) is -1.24. The Morgan fingerprint density at radius 1 is 1.56 bits per heavy atom. The van der Waals surface area contributed by atoms with Crippen molar-refractivity contribution in [3.05, 3.63) is 24.2 Å². The monoisotopic (exact) mass is 146 g/mol. The average molecular weight is 146 g/mol. The maximum atomic E-state index is 8.33. The number of aliphatic hydroxyl groups excluding tert-OH is 1. The summed E-state index contributed by atoms with van der Waals surface area (Å²) >= 11 is 0. The molecule has 0 fully saturated rings. The van der Waals surface area contributed by atoms with Crippen molar-refractivity contribution in [1.82, 2.24) is 0 Å². The van der Waals surface area contributed by atoms with Gasteiger partial charge in [0.05, 0.1) is 6.26 Å². The van der Waals surface area contributed by atoms with Gasteiger partial charge in [-0.1, -0.05) is 0 Å². The van der Waals surface area contributed by atoms with Gasteiger partial charge in [0, 0.05) is 0 Å². The van der Waals surface area contributed by atoms with E-state index < -0.39 is 0 Å². The molecule has 0 spiro atoms. The van der Waals surface area contributed by atoms with Crippen LogP contribution in [0.3, 0.4) is 0 Å². The highest BCUT2D eigenvalue weighted by atomic mass is 27.0. The van der Waals surface area contributed by atoms with Crippen LogP contribution in [0.25, 0.3) is 0 Å². The normalized spacial score (nSPS) is 7.22. The van der Waals surface area contributed by atoms with Crippen molar-refractivity contribution in [2.24, 2.45) is 0 Å².